The number of ether oxygens (including phenoxy) is 5. The van der Waals surface area contributed by atoms with Crippen LogP contribution in [0.4, 0.5) is 31.7 Å². The molecule has 0 spiro atoms. The van der Waals surface area contributed by atoms with E-state index in [2.05, 4.69) is 56.5 Å². The number of primary amides is 1. The zero-order chi connectivity index (χ0) is 67.9. The van der Waals surface area contributed by atoms with Gasteiger partial charge in [-0.1, -0.05) is 26.0 Å². The Morgan fingerprint density at radius 3 is 2.18 bits per heavy atom. The minimum Gasteiger partial charge on any atom is -0.447 e. The number of urea groups is 1. The summed E-state index contributed by atoms with van der Waals surface area (Å²) in [7, 11) is -1.33. The van der Waals surface area contributed by atoms with Gasteiger partial charge in [0.2, 0.25) is 17.7 Å². The molecule has 512 valence electrons. The average molecular weight is 1390 g/mol. The molecule has 3 unspecified atom stereocenters. The first-order valence-corrected chi connectivity index (χ1v) is 33.5. The van der Waals surface area contributed by atoms with Crippen molar-refractivity contribution in [2.75, 3.05) is 69.5 Å². The number of hydrogen-bond acceptors (Lipinski definition) is 28. The summed E-state index contributed by atoms with van der Waals surface area (Å²) in [6.07, 6.45) is -1.08. The Bertz CT molecular complexity index is 3680. The molecule has 95 heavy (non-hydrogen) atoms. The first kappa shape index (κ1) is 70.7. The Morgan fingerprint density at radius 1 is 0.811 bits per heavy atom. The molecule has 4 aliphatic rings. The number of aromatic nitrogens is 8. The molecule has 5 aromatic rings. The van der Waals surface area contributed by atoms with E-state index in [-0.39, 0.29) is 120 Å². The number of likely N-dealkylation sites (N-methyl/N-ethyl adjacent to an activating group) is 1. The van der Waals surface area contributed by atoms with Crippen molar-refractivity contribution < 1.29 is 99.2 Å². The van der Waals surface area contributed by atoms with Crippen molar-refractivity contribution in [1.29, 1.82) is 0 Å². The Balaban J connectivity index is 0.700. The molecule has 10 N–H and O–H groups in total. The highest BCUT2D eigenvalue weighted by molar-refractivity contribution is 8.07. The van der Waals surface area contributed by atoms with Gasteiger partial charge >= 0.3 is 39.2 Å². The quantitative estimate of drug-likeness (QED) is 0.0223. The Kier molecular flexibility index (Phi) is 24.3. The average Bonchev–Trinajstić information content (AvgIpc) is 1.64. The summed E-state index contributed by atoms with van der Waals surface area (Å²) in [5, 5.41) is 13.6. The van der Waals surface area contributed by atoms with Gasteiger partial charge in [-0.3, -0.25) is 38.4 Å². The maximum Gasteiger partial charge on any atom is 0.697 e. The van der Waals surface area contributed by atoms with Gasteiger partial charge < -0.3 is 80.1 Å². The van der Waals surface area contributed by atoms with Gasteiger partial charge in [-0.25, -0.2) is 49.1 Å². The molecule has 0 bridgehead atoms. The van der Waals surface area contributed by atoms with Crippen LogP contribution in [0.15, 0.2) is 49.6 Å². The number of amides is 9. The van der Waals surface area contributed by atoms with E-state index >= 15 is 0 Å². The number of imide groups is 1. The second kappa shape index (κ2) is 32.7. The van der Waals surface area contributed by atoms with Crippen molar-refractivity contribution in [3.8, 4) is 0 Å². The van der Waals surface area contributed by atoms with E-state index < -0.39 is 124 Å². The van der Waals surface area contributed by atoms with Crippen molar-refractivity contribution in [3.05, 3.63) is 55.1 Å². The maximum absolute atomic E-state index is 13.7. The minimum atomic E-state index is -4.00. The van der Waals surface area contributed by atoms with E-state index in [4.69, 9.17) is 69.9 Å². The van der Waals surface area contributed by atoms with Crippen LogP contribution in [0.1, 0.15) is 89.7 Å². The number of rotatable bonds is 26. The molecule has 41 heteroatoms. The molecule has 4 saturated heterocycles. The van der Waals surface area contributed by atoms with Gasteiger partial charge in [0.1, 0.15) is 86.9 Å². The molecule has 0 aliphatic carbocycles. The van der Waals surface area contributed by atoms with Crippen LogP contribution in [0.25, 0.3) is 22.3 Å². The van der Waals surface area contributed by atoms with Crippen LogP contribution >= 0.6 is 15.0 Å². The molecule has 9 amide bonds. The van der Waals surface area contributed by atoms with E-state index in [1.807, 2.05) is 0 Å². The van der Waals surface area contributed by atoms with Gasteiger partial charge in [-0.15, -0.1) is 14.1 Å². The number of fused-ring (bicyclic) bond motifs is 4. The Morgan fingerprint density at radius 2 is 1.47 bits per heavy atom. The first-order valence-electron chi connectivity index (χ1n) is 29.8. The maximum atomic E-state index is 13.7. The van der Waals surface area contributed by atoms with E-state index in [1.54, 1.807) is 42.7 Å². The van der Waals surface area contributed by atoms with E-state index in [0.29, 0.717) is 40.3 Å². The third kappa shape index (κ3) is 19.3. The molecular weight excluding hydrogens is 1320 g/mol. The van der Waals surface area contributed by atoms with E-state index in [9.17, 15) is 52.6 Å². The third-order valence-electron chi connectivity index (χ3n) is 15.0. The fourth-order valence-electron chi connectivity index (χ4n) is 10.0. The van der Waals surface area contributed by atoms with Gasteiger partial charge in [0.25, 0.3) is 11.8 Å². The summed E-state index contributed by atoms with van der Waals surface area (Å²) < 4.78 is 68.3. The van der Waals surface area contributed by atoms with Crippen LogP contribution in [0, 0.1) is 5.92 Å². The smallest absolute Gasteiger partial charge is 0.447 e. The SMILES string of the molecule is CC(C)[C@H](NC(=O)CCOCCC(=O)ON1C(=O)CCC1=O)C(=O)N[C@@H](CCCCNC(N)=O)C(=O)Nc1ccc(COC(=O)N(C)CCOC(=O)Nc2ncnc3c2ncn3[C@H]2C[C@@H]3OP(O)(=S)OCC4O[C@@H](n5cnc6c(N)ncnc65)C[C@@H]4O[P+](=O)OC[C@H]3O2)cc1. The second-order valence-electron chi connectivity index (χ2n) is 22.1. The van der Waals surface area contributed by atoms with Gasteiger partial charge in [0.15, 0.2) is 28.4 Å². The standard InChI is InChI=1S/C54H69N17O21P2S/c1-29(2)43(66-37(72)13-17-83-18-14-42(75)90-71-38(73)11-12-39(71)74)51(77)65-32(6-4-5-15-57-52(56)78)50(76)64-31-9-7-30(8-10-31)22-85-54(80)68(3)16-19-84-53(79)67-47-45-49(61-26-59-47)70(28-63-45)41-21-34-35(88-41)23-86-93(81)91-33-20-40(89-36(33)24-87-94(82,95)92-34)69-27-62-44-46(55)58-25-60-48(44)69/h7-10,25-29,32-36,40-41,43H,4-6,11-24H2,1-3H3,(H9-,55,56,57,58,59,60,61,64,65,66,67,72,76,77,78,79,82,95)/p+1/t32-,33-,34-,35+,36?,40+,41+,43-,94?/m0/s1. The van der Waals surface area contributed by atoms with Crippen LogP contribution in [0.3, 0.4) is 0 Å². The highest BCUT2D eigenvalue weighted by Crippen LogP contribution is 2.51. The minimum absolute atomic E-state index is 0.0297. The highest BCUT2D eigenvalue weighted by Gasteiger charge is 2.48. The topological polar surface area (TPSA) is 489 Å². The number of anilines is 3. The lowest BCUT2D eigenvalue weighted by atomic mass is 10.0. The van der Waals surface area contributed by atoms with Crippen molar-refractivity contribution >= 4 is 120 Å². The lowest BCUT2D eigenvalue weighted by Gasteiger charge is -2.25. The van der Waals surface area contributed by atoms with Crippen molar-refractivity contribution in [2.24, 2.45) is 11.7 Å². The predicted molar refractivity (Wildman–Crippen MR) is 328 cm³/mol. The fourth-order valence-corrected chi connectivity index (χ4v) is 12.3. The largest absolute Gasteiger partial charge is 0.697 e. The molecule has 8 heterocycles. The monoisotopic (exact) mass is 1390 g/mol. The van der Waals surface area contributed by atoms with Crippen LogP contribution in [0.5, 0.6) is 0 Å². The predicted octanol–water partition coefficient (Wildman–Crippen LogP) is 2.14. The summed E-state index contributed by atoms with van der Waals surface area (Å²) in [5.41, 5.74) is 13.1. The van der Waals surface area contributed by atoms with Crippen LogP contribution in [0.2, 0.25) is 0 Å². The van der Waals surface area contributed by atoms with E-state index in [0.717, 1.165) is 0 Å². The zero-order valence-electron chi connectivity index (χ0n) is 51.4. The number of hydrogen-bond donors (Lipinski definition) is 8. The fraction of sp³-hybridized carbons (Fsp3) is 0.537. The van der Waals surface area contributed by atoms with Gasteiger partial charge in [0.05, 0.1) is 45.4 Å². The molecular formula is C54H70N17O21P2S+. The number of unbranched alkanes of at least 4 members (excludes halogenated alkanes) is 1. The van der Waals surface area contributed by atoms with Crippen LogP contribution in [-0.4, -0.2) is 197 Å². The summed E-state index contributed by atoms with van der Waals surface area (Å²) >= 11 is 5.42. The van der Waals surface area contributed by atoms with Gasteiger partial charge in [-0.05, 0) is 54.7 Å². The summed E-state index contributed by atoms with van der Waals surface area (Å²) in [5.74, 6) is -4.21. The number of nitrogens with one attached hydrogen (secondary N) is 5. The number of carbonyl (C=O) groups excluding carboxylic acids is 9. The lowest BCUT2D eigenvalue weighted by molar-refractivity contribution is -0.198. The number of nitrogen functional groups attached to an aromatic ring is 1. The number of nitrogens with two attached hydrogens (primary N) is 2. The molecule has 9 rings (SSSR count). The lowest BCUT2D eigenvalue weighted by Crippen LogP contribution is -2.54. The molecule has 4 fully saturated rings. The van der Waals surface area contributed by atoms with Crippen LogP contribution < -0.4 is 38.1 Å². The first-order chi connectivity index (χ1) is 45.5. The summed E-state index contributed by atoms with van der Waals surface area (Å²) in [6.45, 7) is -1.88. The molecule has 4 aromatic heterocycles. The van der Waals surface area contributed by atoms with Crippen LogP contribution in [-0.2, 0) is 98.4 Å². The van der Waals surface area contributed by atoms with Crippen molar-refractivity contribution in [2.45, 2.75) is 127 Å². The van der Waals surface area contributed by atoms with Gasteiger partial charge in [0, 0.05) is 55.9 Å². The summed E-state index contributed by atoms with van der Waals surface area (Å²) in [4.78, 5) is 156. The normalized spacial score (nSPS) is 22.4. The molecule has 10 atom stereocenters. The van der Waals surface area contributed by atoms with Crippen molar-refractivity contribution in [1.82, 2.24) is 65.0 Å². The number of nitrogens with zero attached hydrogens (tertiary/aromatic N) is 10. The van der Waals surface area contributed by atoms with Crippen molar-refractivity contribution in [3.63, 3.8) is 0 Å². The second-order valence-corrected chi connectivity index (χ2v) is 25.9. The molecule has 0 radical (unpaired) electrons. The number of benzene rings is 1. The Hall–Kier alpha value is -8.62. The third-order valence-corrected chi connectivity index (χ3v) is 17.4. The van der Waals surface area contributed by atoms with Gasteiger partial charge in [-0.2, -0.15) is 0 Å². The number of imidazole rings is 2. The highest BCUT2D eigenvalue weighted by atomic mass is 32.5. The molecule has 4 aliphatic heterocycles. The molecule has 38 nitrogen and oxygen atoms in total. The molecule has 0 saturated carbocycles. The Labute approximate surface area is 545 Å². The van der Waals surface area contributed by atoms with E-state index in [1.165, 1.54) is 41.8 Å². The molecule has 1 aromatic carbocycles. The number of hydroxylamine groups is 2. The zero-order valence-corrected chi connectivity index (χ0v) is 54.0. The number of carbonyl (C=O) groups is 9. The summed E-state index contributed by atoms with van der Waals surface area (Å²) in [6, 6.07) is 3.41.